The van der Waals surface area contributed by atoms with E-state index in [1.54, 1.807) is 18.5 Å². The Morgan fingerprint density at radius 2 is 1.86 bits per heavy atom. The minimum atomic E-state index is -0.125. The van der Waals surface area contributed by atoms with Crippen LogP contribution in [0.15, 0.2) is 60.9 Å². The maximum absolute atomic E-state index is 13.0. The average molecular weight is 373 g/mol. The van der Waals surface area contributed by atoms with Gasteiger partial charge in [0.15, 0.2) is 0 Å². The maximum Gasteiger partial charge on any atom is 0.212 e. The van der Waals surface area contributed by atoms with Crippen molar-refractivity contribution in [2.24, 2.45) is 0 Å². The molecule has 3 heterocycles. The molecule has 0 atom stereocenters. The molecule has 1 aliphatic heterocycles. The molecular weight excluding hydrogens is 350 g/mol. The van der Waals surface area contributed by atoms with Crippen LogP contribution < -0.4 is 16.0 Å². The Kier molecular flexibility index (Phi) is 5.30. The summed E-state index contributed by atoms with van der Waals surface area (Å²) in [7, 11) is 0. The Labute approximate surface area is 164 Å². The fourth-order valence-electron chi connectivity index (χ4n) is 3.35. The van der Waals surface area contributed by atoms with Crippen molar-refractivity contribution in [2.75, 3.05) is 36.8 Å². The molecule has 142 valence electrons. The molecule has 0 unspecified atom stereocenters. The van der Waals surface area contributed by atoms with Crippen LogP contribution in [0, 0.1) is 0 Å². The molecule has 0 amide bonds. The molecule has 28 heavy (non-hydrogen) atoms. The summed E-state index contributed by atoms with van der Waals surface area (Å²) in [5, 5.41) is 3.38. The molecule has 0 bridgehead atoms. The van der Waals surface area contributed by atoms with E-state index in [0.29, 0.717) is 16.9 Å². The third-order valence-electron chi connectivity index (χ3n) is 4.88. The highest BCUT2D eigenvalue weighted by Crippen LogP contribution is 2.22. The van der Waals surface area contributed by atoms with E-state index < -0.39 is 0 Å². The minimum absolute atomic E-state index is 0.125. The lowest BCUT2D eigenvalue weighted by Gasteiger charge is -2.21. The van der Waals surface area contributed by atoms with E-state index in [0.717, 1.165) is 49.5 Å². The molecular formula is C22H23N5O. The highest BCUT2D eigenvalue weighted by atomic mass is 16.1. The molecule has 3 aromatic rings. The molecule has 0 aliphatic carbocycles. The van der Waals surface area contributed by atoms with Gasteiger partial charge in [-0.2, -0.15) is 0 Å². The number of nitrogens with two attached hydrogens (primary N) is 1. The molecule has 1 aromatic carbocycles. The second-order valence-corrected chi connectivity index (χ2v) is 6.89. The molecule has 1 fully saturated rings. The Morgan fingerprint density at radius 1 is 1.00 bits per heavy atom. The van der Waals surface area contributed by atoms with Gasteiger partial charge in [0, 0.05) is 48.8 Å². The number of carbonyl (C=O) groups is 1. The van der Waals surface area contributed by atoms with E-state index in [2.05, 4.69) is 20.2 Å². The number of nitrogens with zero attached hydrogens (tertiary/aromatic N) is 3. The smallest absolute Gasteiger partial charge is 0.212 e. The number of nitrogen functional groups attached to an aromatic ring is 1. The summed E-state index contributed by atoms with van der Waals surface area (Å²) in [4.78, 5) is 24.1. The van der Waals surface area contributed by atoms with Gasteiger partial charge in [-0.25, -0.2) is 4.98 Å². The molecule has 4 rings (SSSR count). The first kappa shape index (κ1) is 18.1. The number of hydrogen-bond acceptors (Lipinski definition) is 6. The van der Waals surface area contributed by atoms with Crippen molar-refractivity contribution in [3.8, 4) is 11.1 Å². The summed E-state index contributed by atoms with van der Waals surface area (Å²) in [6, 6.07) is 15.0. The number of ketones is 1. The number of nitrogens with one attached hydrogen (secondary N) is 1. The third kappa shape index (κ3) is 4.02. The Balaban J connectivity index is 1.60. The molecule has 0 saturated carbocycles. The number of carbonyl (C=O) groups excluding carboxylic acids is 1. The second-order valence-electron chi connectivity index (χ2n) is 6.89. The third-order valence-corrected chi connectivity index (χ3v) is 4.88. The first-order valence-electron chi connectivity index (χ1n) is 9.49. The number of hydrogen-bond donors (Lipinski definition) is 2. The highest BCUT2D eigenvalue weighted by Gasteiger charge is 2.16. The molecule has 2 aromatic heterocycles. The second kappa shape index (κ2) is 8.19. The largest absolute Gasteiger partial charge is 0.399 e. The molecule has 6 nitrogen and oxygen atoms in total. The van der Waals surface area contributed by atoms with Crippen LogP contribution in [0.1, 0.15) is 22.5 Å². The summed E-state index contributed by atoms with van der Waals surface area (Å²) in [5.74, 6) is 0.719. The van der Waals surface area contributed by atoms with Crippen LogP contribution in [0.3, 0.4) is 0 Å². The Morgan fingerprint density at radius 3 is 2.71 bits per heavy atom. The van der Waals surface area contributed by atoms with E-state index in [-0.39, 0.29) is 5.78 Å². The van der Waals surface area contributed by atoms with Gasteiger partial charge in [-0.05, 0) is 48.9 Å². The summed E-state index contributed by atoms with van der Waals surface area (Å²) in [6.45, 7) is 3.76. The zero-order chi connectivity index (χ0) is 19.3. The summed E-state index contributed by atoms with van der Waals surface area (Å²) in [5.41, 5.74) is 9.26. The number of aromatic nitrogens is 2. The first-order valence-corrected chi connectivity index (χ1v) is 9.49. The lowest BCUT2D eigenvalue weighted by Crippen LogP contribution is -2.28. The van der Waals surface area contributed by atoms with Crippen LogP contribution in [-0.2, 0) is 0 Å². The van der Waals surface area contributed by atoms with Gasteiger partial charge in [0.1, 0.15) is 11.5 Å². The highest BCUT2D eigenvalue weighted by molar-refractivity contribution is 6.08. The van der Waals surface area contributed by atoms with Crippen LogP contribution in [-0.4, -0.2) is 41.9 Å². The lowest BCUT2D eigenvalue weighted by molar-refractivity contribution is 0.103. The predicted octanol–water partition coefficient (Wildman–Crippen LogP) is 2.76. The van der Waals surface area contributed by atoms with E-state index in [4.69, 9.17) is 5.73 Å². The fraction of sp³-hybridized carbons (Fsp3) is 0.227. The molecule has 0 radical (unpaired) electrons. The van der Waals surface area contributed by atoms with Crippen molar-refractivity contribution >= 4 is 17.3 Å². The Bertz CT molecular complexity index is 963. The monoisotopic (exact) mass is 373 g/mol. The maximum atomic E-state index is 13.0. The normalized spacial score (nSPS) is 14.5. The number of pyridine rings is 2. The van der Waals surface area contributed by atoms with E-state index in [9.17, 15) is 4.79 Å². The van der Waals surface area contributed by atoms with E-state index >= 15 is 0 Å². The number of benzene rings is 1. The number of rotatable bonds is 4. The number of anilines is 2. The lowest BCUT2D eigenvalue weighted by atomic mass is 10.0. The quantitative estimate of drug-likeness (QED) is 0.540. The van der Waals surface area contributed by atoms with Gasteiger partial charge in [-0.1, -0.05) is 18.2 Å². The zero-order valence-electron chi connectivity index (χ0n) is 15.6. The van der Waals surface area contributed by atoms with E-state index in [1.807, 2.05) is 42.5 Å². The van der Waals surface area contributed by atoms with Gasteiger partial charge in [-0.15, -0.1) is 0 Å². The minimum Gasteiger partial charge on any atom is -0.399 e. The summed E-state index contributed by atoms with van der Waals surface area (Å²) < 4.78 is 0. The SMILES string of the molecule is Nc1ccc(-c2cncc(C(=O)c3cccc(N4CCCNCC4)n3)c2)cc1. The van der Waals surface area contributed by atoms with Crippen molar-refractivity contribution in [1.29, 1.82) is 0 Å². The van der Waals surface area contributed by atoms with Crippen LogP contribution in [0.2, 0.25) is 0 Å². The molecule has 0 spiro atoms. The Hall–Kier alpha value is -3.25. The molecule has 1 saturated heterocycles. The standard InChI is InChI=1S/C22H23N5O/c23-19-7-5-16(6-8-19)17-13-18(15-25-14-17)22(28)20-3-1-4-21(26-20)27-11-2-9-24-10-12-27/h1,3-8,13-15,24H,2,9-12,23H2. The summed E-state index contributed by atoms with van der Waals surface area (Å²) in [6.07, 6.45) is 4.40. The summed E-state index contributed by atoms with van der Waals surface area (Å²) >= 11 is 0. The van der Waals surface area contributed by atoms with Gasteiger partial charge in [0.2, 0.25) is 5.78 Å². The van der Waals surface area contributed by atoms with Crippen LogP contribution >= 0.6 is 0 Å². The van der Waals surface area contributed by atoms with Gasteiger partial charge in [-0.3, -0.25) is 9.78 Å². The van der Waals surface area contributed by atoms with Crippen molar-refractivity contribution in [3.63, 3.8) is 0 Å². The van der Waals surface area contributed by atoms with Crippen molar-refractivity contribution in [3.05, 3.63) is 72.2 Å². The average Bonchev–Trinajstić information content (AvgIpc) is 3.04. The first-order chi connectivity index (χ1) is 13.7. The zero-order valence-corrected chi connectivity index (χ0v) is 15.6. The molecule has 1 aliphatic rings. The van der Waals surface area contributed by atoms with Crippen LogP contribution in [0.4, 0.5) is 11.5 Å². The predicted molar refractivity (Wildman–Crippen MR) is 111 cm³/mol. The molecule has 3 N–H and O–H groups in total. The topological polar surface area (TPSA) is 84.1 Å². The van der Waals surface area contributed by atoms with Crippen molar-refractivity contribution in [1.82, 2.24) is 15.3 Å². The van der Waals surface area contributed by atoms with Crippen molar-refractivity contribution < 1.29 is 4.79 Å². The van der Waals surface area contributed by atoms with Crippen molar-refractivity contribution in [2.45, 2.75) is 6.42 Å². The molecule has 6 heteroatoms. The van der Waals surface area contributed by atoms with Gasteiger partial charge in [0.25, 0.3) is 0 Å². The van der Waals surface area contributed by atoms with E-state index in [1.165, 1.54) is 0 Å². The van der Waals surface area contributed by atoms with Gasteiger partial charge < -0.3 is 16.0 Å². The van der Waals surface area contributed by atoms with Crippen LogP contribution in [0.5, 0.6) is 0 Å². The van der Waals surface area contributed by atoms with Gasteiger partial charge in [0.05, 0.1) is 0 Å². The van der Waals surface area contributed by atoms with Gasteiger partial charge >= 0.3 is 0 Å². The van der Waals surface area contributed by atoms with Crippen LogP contribution in [0.25, 0.3) is 11.1 Å². The fourth-order valence-corrected chi connectivity index (χ4v) is 3.35.